The SMILES string of the molecule is C[C@@H]1CCN(C(=O)CN)C[C@@H]1Nc1ccnc(-c2cnc3ccc(N)cn23)n1. The lowest BCUT2D eigenvalue weighted by Gasteiger charge is -2.37. The number of imidazole rings is 1. The number of nitrogens with zero attached hydrogens (tertiary/aromatic N) is 5. The Morgan fingerprint density at radius 2 is 2.18 bits per heavy atom. The van der Waals surface area contributed by atoms with Crippen LogP contribution in [0.1, 0.15) is 13.3 Å². The first kappa shape index (κ1) is 18.2. The number of hydrogen-bond acceptors (Lipinski definition) is 7. The number of carbonyl (C=O) groups excluding carboxylic acids is 1. The standard InChI is InChI=1S/C19H24N8O/c1-12-5-7-26(18(28)8-20)11-14(12)24-16-4-6-22-19(25-16)15-9-23-17-3-2-13(21)10-27(15)17/h2-4,6,9-10,12,14H,5,7-8,11,20-21H2,1H3,(H,22,24,25)/t12-,14+/m1/s1. The Morgan fingerprint density at radius 3 is 3.00 bits per heavy atom. The fraction of sp³-hybridized carbons (Fsp3) is 0.368. The third kappa shape index (κ3) is 3.48. The highest BCUT2D eigenvalue weighted by Crippen LogP contribution is 2.23. The van der Waals surface area contributed by atoms with Crippen LogP contribution in [0.2, 0.25) is 0 Å². The molecule has 2 atom stereocenters. The lowest BCUT2D eigenvalue weighted by atomic mass is 9.93. The molecule has 0 radical (unpaired) electrons. The fourth-order valence-corrected chi connectivity index (χ4v) is 3.53. The van der Waals surface area contributed by atoms with Gasteiger partial charge in [0.25, 0.3) is 0 Å². The number of likely N-dealkylation sites (tertiary alicyclic amines) is 1. The molecule has 28 heavy (non-hydrogen) atoms. The number of nitrogens with two attached hydrogens (primary N) is 2. The zero-order chi connectivity index (χ0) is 19.7. The van der Waals surface area contributed by atoms with E-state index in [1.54, 1.807) is 18.6 Å². The Kier molecular flexibility index (Phi) is 4.82. The van der Waals surface area contributed by atoms with Gasteiger partial charge in [0.15, 0.2) is 5.82 Å². The van der Waals surface area contributed by atoms with E-state index in [-0.39, 0.29) is 18.5 Å². The van der Waals surface area contributed by atoms with Crippen molar-refractivity contribution in [3.63, 3.8) is 0 Å². The Balaban J connectivity index is 1.58. The third-order valence-corrected chi connectivity index (χ3v) is 5.23. The van der Waals surface area contributed by atoms with Crippen molar-refractivity contribution >= 4 is 23.1 Å². The maximum atomic E-state index is 12.0. The number of piperidine rings is 1. The minimum atomic E-state index is -0.0228. The summed E-state index contributed by atoms with van der Waals surface area (Å²) in [5.41, 5.74) is 13.6. The Bertz CT molecular complexity index is 1000. The van der Waals surface area contributed by atoms with Gasteiger partial charge in [0.2, 0.25) is 5.91 Å². The third-order valence-electron chi connectivity index (χ3n) is 5.23. The van der Waals surface area contributed by atoms with Crippen molar-refractivity contribution in [2.24, 2.45) is 11.7 Å². The molecular weight excluding hydrogens is 356 g/mol. The molecule has 1 aliphatic rings. The molecule has 146 valence electrons. The maximum Gasteiger partial charge on any atom is 0.236 e. The van der Waals surface area contributed by atoms with Gasteiger partial charge < -0.3 is 21.7 Å². The number of pyridine rings is 1. The predicted molar refractivity (Wildman–Crippen MR) is 107 cm³/mol. The Morgan fingerprint density at radius 1 is 1.32 bits per heavy atom. The zero-order valence-corrected chi connectivity index (χ0v) is 15.7. The molecule has 1 amide bonds. The molecule has 1 fully saturated rings. The summed E-state index contributed by atoms with van der Waals surface area (Å²) in [6, 6.07) is 5.60. The lowest BCUT2D eigenvalue weighted by molar-refractivity contribution is -0.131. The van der Waals surface area contributed by atoms with Crippen molar-refractivity contribution in [1.29, 1.82) is 0 Å². The number of anilines is 2. The van der Waals surface area contributed by atoms with Crippen molar-refractivity contribution < 1.29 is 4.79 Å². The quantitative estimate of drug-likeness (QED) is 0.615. The normalized spacial score (nSPS) is 19.7. The van der Waals surface area contributed by atoms with E-state index in [9.17, 15) is 4.79 Å². The molecule has 4 rings (SSSR count). The number of amides is 1. The zero-order valence-electron chi connectivity index (χ0n) is 15.7. The van der Waals surface area contributed by atoms with Crippen LogP contribution < -0.4 is 16.8 Å². The second-order valence-corrected chi connectivity index (χ2v) is 7.16. The Hall–Kier alpha value is -3.20. The largest absolute Gasteiger partial charge is 0.398 e. The van der Waals surface area contributed by atoms with E-state index >= 15 is 0 Å². The first-order valence-electron chi connectivity index (χ1n) is 9.35. The topological polar surface area (TPSA) is 127 Å². The summed E-state index contributed by atoms with van der Waals surface area (Å²) in [6.07, 6.45) is 6.18. The summed E-state index contributed by atoms with van der Waals surface area (Å²) < 4.78 is 1.87. The summed E-state index contributed by atoms with van der Waals surface area (Å²) in [5, 5.41) is 3.46. The number of hydrogen-bond donors (Lipinski definition) is 3. The molecule has 3 aromatic heterocycles. The number of fused-ring (bicyclic) bond motifs is 1. The van der Waals surface area contributed by atoms with Gasteiger partial charge in [-0.05, 0) is 30.5 Å². The van der Waals surface area contributed by atoms with E-state index in [0.29, 0.717) is 29.8 Å². The van der Waals surface area contributed by atoms with E-state index in [1.807, 2.05) is 27.5 Å². The molecule has 3 aromatic rings. The molecule has 5 N–H and O–H groups in total. The van der Waals surface area contributed by atoms with Gasteiger partial charge >= 0.3 is 0 Å². The summed E-state index contributed by atoms with van der Waals surface area (Å²) in [4.78, 5) is 27.2. The summed E-state index contributed by atoms with van der Waals surface area (Å²) in [5.74, 6) is 1.66. The van der Waals surface area contributed by atoms with Crippen LogP contribution in [0.25, 0.3) is 17.2 Å². The van der Waals surface area contributed by atoms with Crippen LogP contribution in [0.4, 0.5) is 11.5 Å². The highest BCUT2D eigenvalue weighted by atomic mass is 16.2. The minimum Gasteiger partial charge on any atom is -0.398 e. The molecule has 0 unspecified atom stereocenters. The van der Waals surface area contributed by atoms with Gasteiger partial charge in [0, 0.05) is 37.2 Å². The Labute approximate surface area is 162 Å². The molecule has 0 spiro atoms. The van der Waals surface area contributed by atoms with Gasteiger partial charge in [-0.2, -0.15) is 0 Å². The van der Waals surface area contributed by atoms with Crippen molar-refractivity contribution in [3.8, 4) is 11.5 Å². The second-order valence-electron chi connectivity index (χ2n) is 7.16. The van der Waals surface area contributed by atoms with Gasteiger partial charge in [-0.25, -0.2) is 15.0 Å². The van der Waals surface area contributed by atoms with Gasteiger partial charge in [-0.1, -0.05) is 6.92 Å². The van der Waals surface area contributed by atoms with E-state index in [0.717, 1.165) is 24.3 Å². The van der Waals surface area contributed by atoms with Crippen molar-refractivity contribution in [1.82, 2.24) is 24.3 Å². The number of rotatable bonds is 4. The van der Waals surface area contributed by atoms with Crippen LogP contribution in [-0.2, 0) is 4.79 Å². The first-order chi connectivity index (χ1) is 13.5. The fourth-order valence-electron chi connectivity index (χ4n) is 3.53. The summed E-state index contributed by atoms with van der Waals surface area (Å²) in [7, 11) is 0. The number of nitrogens with one attached hydrogen (secondary N) is 1. The average Bonchev–Trinajstić information content (AvgIpc) is 3.12. The summed E-state index contributed by atoms with van der Waals surface area (Å²) in [6.45, 7) is 3.57. The van der Waals surface area contributed by atoms with Crippen molar-refractivity contribution in [3.05, 3.63) is 36.8 Å². The number of nitrogen functional groups attached to an aromatic ring is 1. The van der Waals surface area contributed by atoms with E-state index in [4.69, 9.17) is 11.5 Å². The molecule has 0 aliphatic carbocycles. The maximum absolute atomic E-state index is 12.0. The highest BCUT2D eigenvalue weighted by molar-refractivity contribution is 5.78. The van der Waals surface area contributed by atoms with Gasteiger partial charge in [-0.15, -0.1) is 0 Å². The molecule has 0 bridgehead atoms. The second kappa shape index (κ2) is 7.43. The van der Waals surface area contributed by atoms with Crippen LogP contribution in [0.3, 0.4) is 0 Å². The van der Waals surface area contributed by atoms with Crippen LogP contribution in [0.15, 0.2) is 36.8 Å². The average molecular weight is 380 g/mol. The molecule has 9 nitrogen and oxygen atoms in total. The molecule has 4 heterocycles. The molecule has 0 saturated carbocycles. The van der Waals surface area contributed by atoms with Crippen LogP contribution in [-0.4, -0.2) is 55.8 Å². The van der Waals surface area contributed by atoms with Crippen molar-refractivity contribution in [2.75, 3.05) is 30.7 Å². The lowest BCUT2D eigenvalue weighted by Crippen LogP contribution is -2.50. The molecule has 1 aliphatic heterocycles. The molecular formula is C19H24N8O. The van der Waals surface area contributed by atoms with Crippen molar-refractivity contribution in [2.45, 2.75) is 19.4 Å². The molecule has 9 heteroatoms. The highest BCUT2D eigenvalue weighted by Gasteiger charge is 2.28. The van der Waals surface area contributed by atoms with Crippen LogP contribution in [0.5, 0.6) is 0 Å². The molecule has 0 aromatic carbocycles. The van der Waals surface area contributed by atoms with Gasteiger partial charge in [-0.3, -0.25) is 9.20 Å². The first-order valence-corrected chi connectivity index (χ1v) is 9.35. The molecule has 1 saturated heterocycles. The van der Waals surface area contributed by atoms with E-state index in [1.165, 1.54) is 0 Å². The monoisotopic (exact) mass is 380 g/mol. The van der Waals surface area contributed by atoms with E-state index in [2.05, 4.69) is 27.2 Å². The van der Waals surface area contributed by atoms with Gasteiger partial charge in [0.05, 0.1) is 12.7 Å². The summed E-state index contributed by atoms with van der Waals surface area (Å²) >= 11 is 0. The minimum absolute atomic E-state index is 0.0228. The smallest absolute Gasteiger partial charge is 0.236 e. The van der Waals surface area contributed by atoms with Crippen LogP contribution in [0, 0.1) is 5.92 Å². The number of aromatic nitrogens is 4. The number of carbonyl (C=O) groups is 1. The predicted octanol–water partition coefficient (Wildman–Crippen LogP) is 0.981. The van der Waals surface area contributed by atoms with Gasteiger partial charge in [0.1, 0.15) is 17.2 Å². The van der Waals surface area contributed by atoms with E-state index < -0.39 is 0 Å². The van der Waals surface area contributed by atoms with Crippen LogP contribution >= 0.6 is 0 Å².